The quantitative estimate of drug-likeness (QED) is 0.248. The number of hydrogen-bond donors (Lipinski definition) is 2. The van der Waals surface area contributed by atoms with E-state index in [-0.39, 0.29) is 18.8 Å². The monoisotopic (exact) mass is 543 g/mol. The van der Waals surface area contributed by atoms with Gasteiger partial charge in [0.25, 0.3) is 5.92 Å². The van der Waals surface area contributed by atoms with Crippen molar-refractivity contribution in [3.05, 3.63) is 84.3 Å². The van der Waals surface area contributed by atoms with Gasteiger partial charge in [0.2, 0.25) is 0 Å². The van der Waals surface area contributed by atoms with Crippen LogP contribution in [0.4, 0.5) is 17.6 Å². The molecule has 1 fully saturated rings. The predicted molar refractivity (Wildman–Crippen MR) is 142 cm³/mol. The molecule has 0 bridgehead atoms. The van der Waals surface area contributed by atoms with Gasteiger partial charge in [-0.2, -0.15) is 5.10 Å². The van der Waals surface area contributed by atoms with Crippen molar-refractivity contribution in [3.63, 3.8) is 0 Å². The van der Waals surface area contributed by atoms with Gasteiger partial charge in [0, 0.05) is 66.2 Å². The van der Waals surface area contributed by atoms with Crippen LogP contribution in [-0.4, -0.2) is 54.0 Å². The number of pyridine rings is 2. The Morgan fingerprint density at radius 3 is 2.70 bits per heavy atom. The van der Waals surface area contributed by atoms with E-state index in [2.05, 4.69) is 30.1 Å². The molecule has 7 rings (SSSR count). The molecule has 0 amide bonds. The highest BCUT2D eigenvalue weighted by Crippen LogP contribution is 2.34. The molecule has 0 radical (unpaired) electrons. The Morgan fingerprint density at radius 1 is 0.975 bits per heavy atom. The molecule has 0 saturated carbocycles. The van der Waals surface area contributed by atoms with Gasteiger partial charge in [-0.1, -0.05) is 12.1 Å². The van der Waals surface area contributed by atoms with Crippen LogP contribution >= 0.6 is 0 Å². The van der Waals surface area contributed by atoms with E-state index >= 15 is 4.39 Å². The Kier molecular flexibility index (Phi) is 5.63. The second-order valence-corrected chi connectivity index (χ2v) is 10.0. The van der Waals surface area contributed by atoms with Crippen LogP contribution in [0, 0.1) is 11.6 Å². The number of hydrogen-bond acceptors (Lipinski definition) is 5. The molecule has 1 aliphatic rings. The van der Waals surface area contributed by atoms with Crippen molar-refractivity contribution in [2.45, 2.75) is 18.9 Å². The van der Waals surface area contributed by atoms with Crippen molar-refractivity contribution in [2.24, 2.45) is 0 Å². The van der Waals surface area contributed by atoms with Crippen LogP contribution in [0.5, 0.6) is 0 Å². The van der Waals surface area contributed by atoms with Crippen molar-refractivity contribution in [1.29, 1.82) is 0 Å². The van der Waals surface area contributed by atoms with E-state index in [0.29, 0.717) is 63.4 Å². The number of imidazole rings is 1. The third-order valence-corrected chi connectivity index (χ3v) is 7.16. The summed E-state index contributed by atoms with van der Waals surface area (Å²) in [6.45, 7) is 0.295. The number of benzene rings is 2. The largest absolute Gasteiger partial charge is 0.335 e. The summed E-state index contributed by atoms with van der Waals surface area (Å²) < 4.78 is 56.4. The number of nitrogens with zero attached hydrogens (tertiary/aromatic N) is 5. The summed E-state index contributed by atoms with van der Waals surface area (Å²) in [5.41, 5.74) is 4.92. The third-order valence-electron chi connectivity index (χ3n) is 7.16. The SMILES string of the molecule is Fc1cccc(-c2ccnc3nc(-c4n[nH]c5cc(F)c(-c6cncc(CN7CCC(F)(F)C7)c6)cc45)[nH]c23)c1. The van der Waals surface area contributed by atoms with E-state index in [4.69, 9.17) is 0 Å². The zero-order chi connectivity index (χ0) is 27.4. The molecule has 5 heterocycles. The van der Waals surface area contributed by atoms with E-state index in [0.717, 1.165) is 11.1 Å². The number of alkyl halides is 2. The van der Waals surface area contributed by atoms with Crippen LogP contribution in [0.25, 0.3) is 55.8 Å². The van der Waals surface area contributed by atoms with Crippen molar-refractivity contribution in [1.82, 2.24) is 35.0 Å². The van der Waals surface area contributed by atoms with E-state index in [9.17, 15) is 13.2 Å². The number of nitrogens with one attached hydrogen (secondary N) is 2. The number of rotatable bonds is 5. The minimum Gasteiger partial charge on any atom is -0.335 e. The summed E-state index contributed by atoms with van der Waals surface area (Å²) in [5.74, 6) is -3.11. The number of likely N-dealkylation sites (tertiary alicyclic amines) is 1. The van der Waals surface area contributed by atoms with E-state index < -0.39 is 11.7 Å². The fraction of sp³-hybridized carbons (Fsp3) is 0.172. The third kappa shape index (κ3) is 4.37. The molecule has 1 aliphatic heterocycles. The molecule has 2 N–H and O–H groups in total. The average molecular weight is 544 g/mol. The normalized spacial score (nSPS) is 15.4. The predicted octanol–water partition coefficient (Wildman–Crippen LogP) is 6.35. The molecule has 200 valence electrons. The summed E-state index contributed by atoms with van der Waals surface area (Å²) in [6.07, 6.45) is 4.59. The fourth-order valence-corrected chi connectivity index (χ4v) is 5.28. The molecule has 2 aromatic carbocycles. The van der Waals surface area contributed by atoms with Crippen molar-refractivity contribution in [2.75, 3.05) is 13.1 Å². The van der Waals surface area contributed by atoms with Crippen LogP contribution in [0.3, 0.4) is 0 Å². The zero-order valence-corrected chi connectivity index (χ0v) is 20.9. The molecule has 1 saturated heterocycles. The first-order valence-electron chi connectivity index (χ1n) is 12.7. The van der Waals surface area contributed by atoms with Crippen LogP contribution in [0.1, 0.15) is 12.0 Å². The van der Waals surface area contributed by atoms with Crippen molar-refractivity contribution < 1.29 is 17.6 Å². The molecule has 0 atom stereocenters. The number of aromatic nitrogens is 6. The van der Waals surface area contributed by atoms with Gasteiger partial charge in [-0.05, 0) is 41.5 Å². The maximum atomic E-state index is 15.2. The lowest BCUT2D eigenvalue weighted by atomic mass is 10.0. The Labute approximate surface area is 224 Å². The number of aromatic amines is 2. The first kappa shape index (κ1) is 24.4. The zero-order valence-electron chi connectivity index (χ0n) is 20.9. The van der Waals surface area contributed by atoms with Crippen molar-refractivity contribution >= 4 is 22.1 Å². The minimum atomic E-state index is -2.69. The maximum Gasteiger partial charge on any atom is 0.261 e. The summed E-state index contributed by atoms with van der Waals surface area (Å²) in [5, 5.41) is 7.86. The number of halogens is 4. The lowest BCUT2D eigenvalue weighted by Crippen LogP contribution is -2.24. The average Bonchev–Trinajstić information content (AvgIpc) is 3.63. The molecular weight excluding hydrogens is 522 g/mol. The highest BCUT2D eigenvalue weighted by atomic mass is 19.3. The molecule has 11 heteroatoms. The highest BCUT2D eigenvalue weighted by molar-refractivity contribution is 5.97. The maximum absolute atomic E-state index is 15.2. The van der Waals surface area contributed by atoms with Crippen molar-refractivity contribution in [3.8, 4) is 33.8 Å². The van der Waals surface area contributed by atoms with E-state index in [1.54, 1.807) is 53.8 Å². The Balaban J connectivity index is 1.27. The molecule has 4 aromatic heterocycles. The molecule has 0 unspecified atom stereocenters. The molecule has 0 spiro atoms. The molecule has 0 aliphatic carbocycles. The number of fused-ring (bicyclic) bond motifs is 2. The van der Waals surface area contributed by atoms with Gasteiger partial charge in [-0.15, -0.1) is 0 Å². The first-order valence-corrected chi connectivity index (χ1v) is 12.7. The lowest BCUT2D eigenvalue weighted by Gasteiger charge is -2.16. The van der Waals surface area contributed by atoms with Crippen LogP contribution < -0.4 is 0 Å². The van der Waals surface area contributed by atoms with Gasteiger partial charge in [0.05, 0.1) is 17.6 Å². The van der Waals surface area contributed by atoms with Crippen LogP contribution in [-0.2, 0) is 6.54 Å². The second-order valence-electron chi connectivity index (χ2n) is 10.0. The summed E-state index contributed by atoms with van der Waals surface area (Å²) in [4.78, 5) is 18.1. The Morgan fingerprint density at radius 2 is 1.88 bits per heavy atom. The molecule has 6 aromatic rings. The van der Waals surface area contributed by atoms with Gasteiger partial charge in [-0.3, -0.25) is 15.0 Å². The lowest BCUT2D eigenvalue weighted by molar-refractivity contribution is 0.0115. The first-order chi connectivity index (χ1) is 19.3. The van der Waals surface area contributed by atoms with Gasteiger partial charge in [0.15, 0.2) is 11.5 Å². The fourth-order valence-electron chi connectivity index (χ4n) is 5.28. The summed E-state index contributed by atoms with van der Waals surface area (Å²) in [7, 11) is 0. The summed E-state index contributed by atoms with van der Waals surface area (Å²) >= 11 is 0. The molecular formula is C29H21F4N7. The summed E-state index contributed by atoms with van der Waals surface area (Å²) in [6, 6.07) is 12.8. The number of H-pyrrole nitrogens is 2. The standard InChI is InChI=1S/C29H21F4N7/c30-19-3-1-2-17(9-19)20-4-6-35-27-25(20)36-28(37-27)26-22-10-21(23(31)11-24(22)38-39-26)18-8-16(12-34-13-18)14-40-7-5-29(32,33)15-40/h1-4,6,8-13H,5,7,14-15H2,(H,38,39)(H,35,36,37). The van der Waals surface area contributed by atoms with Gasteiger partial charge >= 0.3 is 0 Å². The van der Waals surface area contributed by atoms with E-state index in [1.807, 2.05) is 0 Å². The molecule has 7 nitrogen and oxygen atoms in total. The minimum absolute atomic E-state index is 0.171. The molecule has 40 heavy (non-hydrogen) atoms. The Bertz CT molecular complexity index is 1890. The van der Waals surface area contributed by atoms with Crippen LogP contribution in [0.15, 0.2) is 67.1 Å². The second kappa shape index (κ2) is 9.23. The smallest absolute Gasteiger partial charge is 0.261 e. The Hall–Kier alpha value is -4.64. The van der Waals surface area contributed by atoms with Gasteiger partial charge in [0.1, 0.15) is 17.3 Å². The van der Waals surface area contributed by atoms with Crippen LogP contribution in [0.2, 0.25) is 0 Å². The van der Waals surface area contributed by atoms with E-state index in [1.165, 1.54) is 18.2 Å². The van der Waals surface area contributed by atoms with Gasteiger partial charge < -0.3 is 4.98 Å². The van der Waals surface area contributed by atoms with Gasteiger partial charge in [-0.25, -0.2) is 27.5 Å². The topological polar surface area (TPSA) is 86.4 Å². The highest BCUT2D eigenvalue weighted by Gasteiger charge is 2.38.